The molecule has 3 atom stereocenters. The highest BCUT2D eigenvalue weighted by molar-refractivity contribution is 7.90. The summed E-state index contributed by atoms with van der Waals surface area (Å²) in [5, 5.41) is 0. The molecular formula is C16H29NO2S. The first-order valence-electron chi connectivity index (χ1n) is 7.97. The van der Waals surface area contributed by atoms with Gasteiger partial charge in [-0.3, -0.25) is 0 Å². The van der Waals surface area contributed by atoms with Crippen molar-refractivity contribution in [2.75, 3.05) is 12.0 Å². The lowest BCUT2D eigenvalue weighted by Gasteiger charge is -2.67. The van der Waals surface area contributed by atoms with Gasteiger partial charge in [0.25, 0.3) is 0 Å². The van der Waals surface area contributed by atoms with Gasteiger partial charge in [-0.05, 0) is 67.1 Å². The molecule has 0 aromatic carbocycles. The smallest absolute Gasteiger partial charge is 0.147 e. The molecule has 0 radical (unpaired) electrons. The molecule has 2 N–H and O–H groups in total. The average molecular weight is 299 g/mol. The van der Waals surface area contributed by atoms with Crippen LogP contribution in [0.2, 0.25) is 0 Å². The molecule has 0 saturated heterocycles. The Balaban J connectivity index is 1.81. The van der Waals surface area contributed by atoms with Gasteiger partial charge in [-0.15, -0.1) is 0 Å². The van der Waals surface area contributed by atoms with Crippen LogP contribution in [0, 0.1) is 22.2 Å². The SMILES string of the molecule is CC12CC3CC(C)(C1)CC(C(N)CCS(C)(=O)=O)(C3)C2. The molecule has 4 heteroatoms. The number of hydrogen-bond acceptors (Lipinski definition) is 3. The fraction of sp³-hybridized carbons (Fsp3) is 1.00. The van der Waals surface area contributed by atoms with Crippen molar-refractivity contribution < 1.29 is 8.42 Å². The van der Waals surface area contributed by atoms with E-state index in [2.05, 4.69) is 13.8 Å². The Labute approximate surface area is 123 Å². The van der Waals surface area contributed by atoms with Crippen LogP contribution in [-0.4, -0.2) is 26.5 Å². The monoisotopic (exact) mass is 299 g/mol. The lowest BCUT2D eigenvalue weighted by atomic mass is 9.39. The molecule has 3 unspecified atom stereocenters. The zero-order valence-corrected chi connectivity index (χ0v) is 13.9. The van der Waals surface area contributed by atoms with Crippen molar-refractivity contribution in [3.8, 4) is 0 Å². The number of nitrogens with two attached hydrogens (primary N) is 1. The highest BCUT2D eigenvalue weighted by Crippen LogP contribution is 2.70. The fourth-order valence-electron chi connectivity index (χ4n) is 6.60. The second kappa shape index (κ2) is 4.22. The van der Waals surface area contributed by atoms with Gasteiger partial charge in [0.05, 0.1) is 5.75 Å². The second-order valence-electron chi connectivity index (χ2n) is 9.02. The van der Waals surface area contributed by atoms with E-state index < -0.39 is 9.84 Å². The largest absolute Gasteiger partial charge is 0.327 e. The lowest BCUT2D eigenvalue weighted by Crippen LogP contribution is -2.60. The average Bonchev–Trinajstić information content (AvgIpc) is 2.19. The van der Waals surface area contributed by atoms with Gasteiger partial charge in [0.1, 0.15) is 9.84 Å². The maximum atomic E-state index is 11.4. The van der Waals surface area contributed by atoms with Crippen molar-refractivity contribution in [1.82, 2.24) is 0 Å². The maximum absolute atomic E-state index is 11.4. The maximum Gasteiger partial charge on any atom is 0.147 e. The molecule has 4 saturated carbocycles. The summed E-state index contributed by atoms with van der Waals surface area (Å²) in [4.78, 5) is 0. The predicted molar refractivity (Wildman–Crippen MR) is 82.1 cm³/mol. The van der Waals surface area contributed by atoms with Crippen molar-refractivity contribution in [2.45, 2.75) is 64.8 Å². The van der Waals surface area contributed by atoms with E-state index in [4.69, 9.17) is 5.73 Å². The van der Waals surface area contributed by atoms with Gasteiger partial charge in [0.2, 0.25) is 0 Å². The molecule has 116 valence electrons. The van der Waals surface area contributed by atoms with E-state index in [9.17, 15) is 8.42 Å². The first kappa shape index (κ1) is 14.8. The van der Waals surface area contributed by atoms with E-state index in [-0.39, 0.29) is 17.2 Å². The van der Waals surface area contributed by atoms with E-state index in [1.165, 1.54) is 44.8 Å². The number of rotatable bonds is 4. The van der Waals surface area contributed by atoms with Crippen LogP contribution in [0.5, 0.6) is 0 Å². The Hall–Kier alpha value is -0.0900. The summed E-state index contributed by atoms with van der Waals surface area (Å²) in [7, 11) is -2.90. The Morgan fingerprint density at radius 1 is 1.10 bits per heavy atom. The zero-order valence-electron chi connectivity index (χ0n) is 13.1. The zero-order chi connectivity index (χ0) is 14.8. The summed E-state index contributed by atoms with van der Waals surface area (Å²) >= 11 is 0. The quantitative estimate of drug-likeness (QED) is 0.868. The van der Waals surface area contributed by atoms with E-state index in [1.807, 2.05) is 0 Å². The lowest BCUT2D eigenvalue weighted by molar-refractivity contribution is -0.153. The Morgan fingerprint density at radius 3 is 2.10 bits per heavy atom. The molecule has 4 aliphatic carbocycles. The summed E-state index contributed by atoms with van der Waals surface area (Å²) < 4.78 is 22.9. The molecule has 0 spiro atoms. The van der Waals surface area contributed by atoms with Gasteiger partial charge >= 0.3 is 0 Å². The van der Waals surface area contributed by atoms with Crippen molar-refractivity contribution >= 4 is 9.84 Å². The van der Waals surface area contributed by atoms with E-state index in [0.717, 1.165) is 5.92 Å². The summed E-state index contributed by atoms with van der Waals surface area (Å²) in [6, 6.07) is 0.0549. The highest BCUT2D eigenvalue weighted by atomic mass is 32.2. The van der Waals surface area contributed by atoms with Crippen molar-refractivity contribution in [2.24, 2.45) is 27.9 Å². The molecule has 4 fully saturated rings. The predicted octanol–water partition coefficient (Wildman–Crippen LogP) is 2.75. The molecule has 3 nitrogen and oxygen atoms in total. The van der Waals surface area contributed by atoms with Crippen molar-refractivity contribution in [3.05, 3.63) is 0 Å². The standard InChI is InChI=1S/C16H29NO2S/c1-14-6-12-7-15(2,9-14)11-16(8-12,10-14)13(17)4-5-20(3,18)19/h12-13H,4-11,17H2,1-3H3. The van der Waals surface area contributed by atoms with E-state index in [0.29, 0.717) is 17.3 Å². The highest BCUT2D eigenvalue weighted by Gasteiger charge is 2.61. The Bertz CT molecular complexity index is 495. The molecule has 0 aliphatic heterocycles. The minimum absolute atomic E-state index is 0.0549. The topological polar surface area (TPSA) is 60.2 Å². The van der Waals surface area contributed by atoms with Crippen LogP contribution in [0.1, 0.15) is 58.8 Å². The van der Waals surface area contributed by atoms with Crippen molar-refractivity contribution in [3.63, 3.8) is 0 Å². The summed E-state index contributed by atoms with van der Waals surface area (Å²) in [6.45, 7) is 4.88. The number of hydrogen-bond donors (Lipinski definition) is 1. The summed E-state index contributed by atoms with van der Waals surface area (Å²) in [6.07, 6.45) is 9.71. The molecule has 0 heterocycles. The molecule has 4 rings (SSSR count). The third-order valence-electron chi connectivity index (χ3n) is 6.26. The van der Waals surface area contributed by atoms with Crippen LogP contribution in [0.25, 0.3) is 0 Å². The van der Waals surface area contributed by atoms with E-state index >= 15 is 0 Å². The second-order valence-corrected chi connectivity index (χ2v) is 11.3. The first-order chi connectivity index (χ1) is 9.03. The molecule has 0 amide bonds. The fourth-order valence-corrected chi connectivity index (χ4v) is 7.28. The molecule has 0 aromatic heterocycles. The van der Waals surface area contributed by atoms with Crippen LogP contribution in [0.4, 0.5) is 0 Å². The Kier molecular flexibility index (Phi) is 3.13. The molecule has 4 aliphatic rings. The van der Waals surface area contributed by atoms with Gasteiger partial charge in [-0.25, -0.2) is 8.42 Å². The van der Waals surface area contributed by atoms with Crippen LogP contribution in [0.3, 0.4) is 0 Å². The normalized spacial score (nSPS) is 48.5. The van der Waals surface area contributed by atoms with Gasteiger partial charge < -0.3 is 5.73 Å². The minimum atomic E-state index is -2.90. The Morgan fingerprint density at radius 2 is 1.65 bits per heavy atom. The van der Waals surface area contributed by atoms with Crippen molar-refractivity contribution in [1.29, 1.82) is 0 Å². The third-order valence-corrected chi connectivity index (χ3v) is 7.23. The van der Waals surface area contributed by atoms with Crippen LogP contribution in [-0.2, 0) is 9.84 Å². The van der Waals surface area contributed by atoms with Gasteiger partial charge in [0.15, 0.2) is 0 Å². The molecule has 20 heavy (non-hydrogen) atoms. The molecule has 0 aromatic rings. The number of sulfone groups is 1. The van der Waals surface area contributed by atoms with Crippen LogP contribution >= 0.6 is 0 Å². The molecular weight excluding hydrogens is 270 g/mol. The van der Waals surface area contributed by atoms with Crippen LogP contribution in [0.15, 0.2) is 0 Å². The third kappa shape index (κ3) is 2.54. The van der Waals surface area contributed by atoms with Gasteiger partial charge in [-0.2, -0.15) is 0 Å². The van der Waals surface area contributed by atoms with E-state index in [1.54, 1.807) is 0 Å². The minimum Gasteiger partial charge on any atom is -0.327 e. The summed E-state index contributed by atoms with van der Waals surface area (Å²) in [5.41, 5.74) is 7.66. The molecule has 4 bridgehead atoms. The first-order valence-corrected chi connectivity index (χ1v) is 10.0. The summed E-state index contributed by atoms with van der Waals surface area (Å²) in [5.74, 6) is 1.07. The van der Waals surface area contributed by atoms with Crippen LogP contribution < -0.4 is 5.73 Å². The van der Waals surface area contributed by atoms with Gasteiger partial charge in [-0.1, -0.05) is 13.8 Å². The van der Waals surface area contributed by atoms with Gasteiger partial charge in [0, 0.05) is 12.3 Å².